The van der Waals surface area contributed by atoms with Crippen LogP contribution < -0.4 is 15.2 Å². The van der Waals surface area contributed by atoms with Gasteiger partial charge in [-0.1, -0.05) is 23.5 Å². The molecule has 11 heteroatoms. The first kappa shape index (κ1) is 19.5. The van der Waals surface area contributed by atoms with Crippen LogP contribution in [0, 0.1) is 12.7 Å². The molecule has 6 nitrogen and oxygen atoms in total. The Labute approximate surface area is 159 Å². The molecule has 0 radical (unpaired) electrons. The molecular weight excluding hydrogens is 402 g/mol. The first-order valence-corrected chi connectivity index (χ1v) is 8.42. The minimum absolute atomic E-state index is 0.152. The monoisotopic (exact) mass is 413 g/mol. The summed E-state index contributed by atoms with van der Waals surface area (Å²) in [5, 5.41) is 9.22. The van der Waals surface area contributed by atoms with Crippen LogP contribution >= 0.6 is 11.3 Å². The van der Waals surface area contributed by atoms with Crippen molar-refractivity contribution in [3.8, 4) is 27.8 Å². The number of aryl methyl sites for hydroxylation is 1. The molecule has 0 spiro atoms. The number of aromatic nitrogens is 2. The molecule has 0 aliphatic carbocycles. The lowest BCUT2D eigenvalue weighted by atomic mass is 10.2. The van der Waals surface area contributed by atoms with Crippen LogP contribution in [0.4, 0.5) is 23.2 Å². The Morgan fingerprint density at radius 3 is 2.57 bits per heavy atom. The smallest absolute Gasteiger partial charge is 0.453 e. The lowest BCUT2D eigenvalue weighted by molar-refractivity contribution is -0.189. The fourth-order valence-electron chi connectivity index (χ4n) is 2.11. The van der Waals surface area contributed by atoms with Crippen molar-refractivity contribution < 1.29 is 31.8 Å². The molecule has 3 rings (SSSR count). The highest BCUT2D eigenvalue weighted by molar-refractivity contribution is 7.14. The van der Waals surface area contributed by atoms with Crippen LogP contribution in [0.15, 0.2) is 36.4 Å². The molecule has 0 aliphatic heterocycles. The van der Waals surface area contributed by atoms with Gasteiger partial charge in [0.1, 0.15) is 15.8 Å². The molecule has 0 atom stereocenters. The van der Waals surface area contributed by atoms with Crippen molar-refractivity contribution in [1.82, 2.24) is 10.2 Å². The van der Waals surface area contributed by atoms with E-state index in [1.807, 2.05) is 0 Å². The van der Waals surface area contributed by atoms with Gasteiger partial charge in [0.25, 0.3) is 0 Å². The Hall–Kier alpha value is -3.21. The van der Waals surface area contributed by atoms with E-state index in [2.05, 4.69) is 14.9 Å². The Kier molecular flexibility index (Phi) is 5.18. The van der Waals surface area contributed by atoms with Gasteiger partial charge in [0.05, 0.1) is 5.69 Å². The normalized spacial score (nSPS) is 11.3. The van der Waals surface area contributed by atoms with Crippen LogP contribution in [0.25, 0.3) is 10.6 Å². The van der Waals surface area contributed by atoms with Crippen LogP contribution in [0.5, 0.6) is 17.2 Å². The summed E-state index contributed by atoms with van der Waals surface area (Å²) in [6.07, 6.45) is -5.32. The molecular formula is C17H11F4N3O3S. The number of ether oxygens (including phenoxy) is 2. The van der Waals surface area contributed by atoms with Crippen LogP contribution in [0.2, 0.25) is 0 Å². The van der Waals surface area contributed by atoms with Gasteiger partial charge in [-0.05, 0) is 31.2 Å². The van der Waals surface area contributed by atoms with Crippen molar-refractivity contribution in [3.63, 3.8) is 0 Å². The van der Waals surface area contributed by atoms with Crippen LogP contribution in [-0.4, -0.2) is 22.3 Å². The first-order chi connectivity index (χ1) is 13.1. The molecule has 0 bridgehead atoms. The third-order valence-corrected chi connectivity index (χ3v) is 4.24. The number of hydrogen-bond acceptors (Lipinski definition) is 7. The summed E-state index contributed by atoms with van der Waals surface area (Å²) in [5.41, 5.74) is 5.48. The van der Waals surface area contributed by atoms with E-state index in [9.17, 15) is 22.4 Å². The molecule has 3 aromatic rings. The second-order valence-electron chi connectivity index (χ2n) is 5.44. The Bertz CT molecular complexity index is 1040. The zero-order valence-corrected chi connectivity index (χ0v) is 14.9. The minimum atomic E-state index is -5.32. The summed E-state index contributed by atoms with van der Waals surface area (Å²) in [5.74, 6) is -5.29. The molecule has 146 valence electrons. The molecule has 0 fully saturated rings. The summed E-state index contributed by atoms with van der Waals surface area (Å²) in [4.78, 5) is 11.1. The van der Waals surface area contributed by atoms with Gasteiger partial charge < -0.3 is 15.2 Å². The molecule has 2 N–H and O–H groups in total. The standard InChI is InChI=1S/C17H11F4N3O3S/c1-8-23-24-15(28-8)9-3-2-4-10(7-9)26-12-6-5-11(22)13(18)14(12)27-16(25)17(19,20)21/h2-7H,22H2,1H3. The number of alkyl halides is 3. The zero-order valence-electron chi connectivity index (χ0n) is 14.1. The lowest BCUT2D eigenvalue weighted by Gasteiger charge is -2.14. The van der Waals surface area contributed by atoms with Crippen molar-refractivity contribution in [1.29, 1.82) is 0 Å². The highest BCUT2D eigenvalue weighted by atomic mass is 32.1. The number of esters is 1. The maximum atomic E-state index is 14.2. The number of hydrogen-bond donors (Lipinski definition) is 1. The zero-order chi connectivity index (χ0) is 20.5. The van der Waals surface area contributed by atoms with Gasteiger partial charge in [-0.2, -0.15) is 13.2 Å². The van der Waals surface area contributed by atoms with Crippen molar-refractivity contribution >= 4 is 23.0 Å². The predicted octanol–water partition coefficient (Wildman–Crippen LogP) is 4.49. The van der Waals surface area contributed by atoms with Gasteiger partial charge in [0.15, 0.2) is 11.6 Å². The predicted molar refractivity (Wildman–Crippen MR) is 92.7 cm³/mol. The summed E-state index contributed by atoms with van der Waals surface area (Å²) < 4.78 is 61.2. The van der Waals surface area contributed by atoms with Crippen molar-refractivity contribution in [3.05, 3.63) is 47.2 Å². The number of anilines is 1. The molecule has 0 saturated carbocycles. The Morgan fingerprint density at radius 2 is 1.93 bits per heavy atom. The molecule has 1 heterocycles. The molecule has 0 unspecified atom stereocenters. The van der Waals surface area contributed by atoms with Gasteiger partial charge >= 0.3 is 12.1 Å². The largest absolute Gasteiger partial charge is 0.491 e. The number of carbonyl (C=O) groups excluding carboxylic acids is 1. The van der Waals surface area contributed by atoms with E-state index in [0.29, 0.717) is 10.6 Å². The van der Waals surface area contributed by atoms with E-state index in [1.54, 1.807) is 19.1 Å². The average Bonchev–Trinajstić information content (AvgIpc) is 3.07. The van der Waals surface area contributed by atoms with E-state index < -0.39 is 35.1 Å². The lowest BCUT2D eigenvalue weighted by Crippen LogP contribution is -2.28. The number of nitrogen functional groups attached to an aromatic ring is 1. The van der Waals surface area contributed by atoms with Crippen molar-refractivity contribution in [2.75, 3.05) is 5.73 Å². The van der Waals surface area contributed by atoms with Gasteiger partial charge in [0.2, 0.25) is 5.75 Å². The quantitative estimate of drug-likeness (QED) is 0.293. The molecule has 0 amide bonds. The SMILES string of the molecule is Cc1nnc(-c2cccc(Oc3ccc(N)c(F)c3OC(=O)C(F)(F)F)c2)s1. The molecule has 0 aliphatic rings. The number of benzene rings is 2. The van der Waals surface area contributed by atoms with Gasteiger partial charge in [-0.3, -0.25) is 0 Å². The van der Waals surface area contributed by atoms with E-state index >= 15 is 0 Å². The van der Waals surface area contributed by atoms with Gasteiger partial charge in [0, 0.05) is 5.56 Å². The molecule has 2 aromatic carbocycles. The average molecular weight is 413 g/mol. The Morgan fingerprint density at radius 1 is 1.18 bits per heavy atom. The summed E-state index contributed by atoms with van der Waals surface area (Å²) in [7, 11) is 0. The van der Waals surface area contributed by atoms with E-state index in [4.69, 9.17) is 10.5 Å². The number of nitrogens with two attached hydrogens (primary N) is 1. The van der Waals surface area contributed by atoms with Crippen LogP contribution in [0.1, 0.15) is 5.01 Å². The first-order valence-electron chi connectivity index (χ1n) is 7.60. The fourth-order valence-corrected chi connectivity index (χ4v) is 2.80. The third-order valence-electron chi connectivity index (χ3n) is 3.35. The summed E-state index contributed by atoms with van der Waals surface area (Å²) in [6, 6.07) is 8.52. The number of nitrogens with zero attached hydrogens (tertiary/aromatic N) is 2. The highest BCUT2D eigenvalue weighted by Crippen LogP contribution is 2.38. The maximum absolute atomic E-state index is 14.2. The van der Waals surface area contributed by atoms with E-state index in [1.165, 1.54) is 23.5 Å². The third kappa shape index (κ3) is 4.19. The molecule has 28 heavy (non-hydrogen) atoms. The topological polar surface area (TPSA) is 87.3 Å². The van der Waals surface area contributed by atoms with Crippen molar-refractivity contribution in [2.24, 2.45) is 0 Å². The summed E-state index contributed by atoms with van der Waals surface area (Å²) in [6.45, 7) is 1.78. The summed E-state index contributed by atoms with van der Waals surface area (Å²) >= 11 is 1.33. The number of halogens is 4. The molecule has 0 saturated heterocycles. The fraction of sp³-hybridized carbons (Fsp3) is 0.118. The van der Waals surface area contributed by atoms with E-state index in [0.717, 1.165) is 17.1 Å². The van der Waals surface area contributed by atoms with Gasteiger partial charge in [-0.15, -0.1) is 10.2 Å². The highest BCUT2D eigenvalue weighted by Gasteiger charge is 2.42. The second kappa shape index (κ2) is 7.43. The van der Waals surface area contributed by atoms with Gasteiger partial charge in [-0.25, -0.2) is 9.18 Å². The molecule has 1 aromatic heterocycles. The van der Waals surface area contributed by atoms with Crippen LogP contribution in [0.3, 0.4) is 0 Å². The maximum Gasteiger partial charge on any atom is 0.491 e. The second-order valence-corrected chi connectivity index (χ2v) is 6.62. The van der Waals surface area contributed by atoms with E-state index in [-0.39, 0.29) is 5.75 Å². The minimum Gasteiger partial charge on any atom is -0.453 e. The van der Waals surface area contributed by atoms with Crippen LogP contribution in [-0.2, 0) is 4.79 Å². The van der Waals surface area contributed by atoms with Crippen molar-refractivity contribution in [2.45, 2.75) is 13.1 Å². The Balaban J connectivity index is 1.94. The number of rotatable bonds is 4. The number of carbonyl (C=O) groups is 1.